The van der Waals surface area contributed by atoms with Crippen LogP contribution in [0.4, 0.5) is 0 Å². The van der Waals surface area contributed by atoms with Crippen LogP contribution in [0.1, 0.15) is 11.1 Å². The van der Waals surface area contributed by atoms with E-state index in [1.807, 2.05) is 0 Å². The molecule has 0 aliphatic rings. The predicted molar refractivity (Wildman–Crippen MR) is 66.5 cm³/mol. The van der Waals surface area contributed by atoms with Crippen molar-refractivity contribution in [1.82, 2.24) is 9.97 Å². The molecule has 0 bridgehead atoms. The van der Waals surface area contributed by atoms with Crippen LogP contribution < -0.4 is 0 Å². The second kappa shape index (κ2) is 3.27. The summed E-state index contributed by atoms with van der Waals surface area (Å²) in [5.74, 6) is 0. The monoisotopic (exact) mass is 208 g/mol. The van der Waals surface area contributed by atoms with Gasteiger partial charge in [-0.25, -0.2) is 0 Å². The lowest BCUT2D eigenvalue weighted by molar-refractivity contribution is 1.27. The minimum absolute atomic E-state index is 1.01. The van der Waals surface area contributed by atoms with Gasteiger partial charge in [0.05, 0.1) is 11.0 Å². The number of hydrogen-bond acceptors (Lipinski definition) is 2. The summed E-state index contributed by atoms with van der Waals surface area (Å²) in [5.41, 5.74) is 4.45. The molecule has 0 aliphatic heterocycles. The quantitative estimate of drug-likeness (QED) is 0.529. The minimum atomic E-state index is 1.01. The standard InChI is InChI=1S/C14H12N2/c1-9-11-5-3-4-6-12(11)10(2)14-13(9)15-7-8-16-14/h3-8H,1-2H3. The molecule has 0 N–H and O–H groups in total. The van der Waals surface area contributed by atoms with Crippen LogP contribution in [0.25, 0.3) is 21.8 Å². The molecule has 1 heterocycles. The fraction of sp³-hybridized carbons (Fsp3) is 0.143. The van der Waals surface area contributed by atoms with Crippen LogP contribution >= 0.6 is 0 Å². The van der Waals surface area contributed by atoms with Crippen molar-refractivity contribution < 1.29 is 0 Å². The fourth-order valence-corrected chi connectivity index (χ4v) is 2.28. The van der Waals surface area contributed by atoms with Gasteiger partial charge in [-0.2, -0.15) is 0 Å². The van der Waals surface area contributed by atoms with Crippen LogP contribution in [0.15, 0.2) is 36.7 Å². The molecule has 2 aromatic carbocycles. The second-order valence-electron chi connectivity index (χ2n) is 4.05. The van der Waals surface area contributed by atoms with E-state index in [9.17, 15) is 0 Å². The van der Waals surface area contributed by atoms with Crippen LogP contribution in [-0.4, -0.2) is 9.97 Å². The van der Waals surface area contributed by atoms with Gasteiger partial charge in [0.25, 0.3) is 0 Å². The maximum atomic E-state index is 4.43. The Morgan fingerprint density at radius 3 is 1.62 bits per heavy atom. The summed E-state index contributed by atoms with van der Waals surface area (Å²) >= 11 is 0. The topological polar surface area (TPSA) is 25.8 Å². The largest absolute Gasteiger partial charge is 0.253 e. The highest BCUT2D eigenvalue weighted by molar-refractivity contribution is 6.02. The number of nitrogens with zero attached hydrogens (tertiary/aromatic N) is 2. The first kappa shape index (κ1) is 9.28. The van der Waals surface area contributed by atoms with E-state index in [2.05, 4.69) is 48.1 Å². The smallest absolute Gasteiger partial charge is 0.0925 e. The van der Waals surface area contributed by atoms with Crippen molar-refractivity contribution in [2.75, 3.05) is 0 Å². The van der Waals surface area contributed by atoms with E-state index in [1.54, 1.807) is 12.4 Å². The zero-order valence-corrected chi connectivity index (χ0v) is 9.36. The molecule has 2 heteroatoms. The van der Waals surface area contributed by atoms with Gasteiger partial charge >= 0.3 is 0 Å². The van der Waals surface area contributed by atoms with Crippen molar-refractivity contribution in [3.63, 3.8) is 0 Å². The Bertz CT molecular complexity index is 570. The highest BCUT2D eigenvalue weighted by Crippen LogP contribution is 2.28. The zero-order chi connectivity index (χ0) is 11.1. The summed E-state index contributed by atoms with van der Waals surface area (Å²) in [6, 6.07) is 8.42. The molecule has 0 saturated heterocycles. The normalized spacial score (nSPS) is 11.1. The zero-order valence-electron chi connectivity index (χ0n) is 9.36. The summed E-state index contributed by atoms with van der Waals surface area (Å²) in [4.78, 5) is 8.86. The van der Waals surface area contributed by atoms with Gasteiger partial charge in [0.15, 0.2) is 0 Å². The lowest BCUT2D eigenvalue weighted by Crippen LogP contribution is -1.92. The first-order valence-electron chi connectivity index (χ1n) is 5.37. The van der Waals surface area contributed by atoms with E-state index in [1.165, 1.54) is 21.9 Å². The molecule has 3 aromatic rings. The van der Waals surface area contributed by atoms with Gasteiger partial charge < -0.3 is 0 Å². The second-order valence-corrected chi connectivity index (χ2v) is 4.05. The molecule has 0 unspecified atom stereocenters. The first-order valence-corrected chi connectivity index (χ1v) is 5.37. The Hall–Kier alpha value is -1.96. The molecular formula is C14H12N2. The average Bonchev–Trinajstić information content (AvgIpc) is 2.36. The molecule has 16 heavy (non-hydrogen) atoms. The van der Waals surface area contributed by atoms with Crippen molar-refractivity contribution in [3.8, 4) is 0 Å². The summed E-state index contributed by atoms with van der Waals surface area (Å²) in [6.45, 7) is 4.22. The number of benzene rings is 2. The van der Waals surface area contributed by atoms with Crippen LogP contribution in [0.5, 0.6) is 0 Å². The molecule has 0 radical (unpaired) electrons. The van der Waals surface area contributed by atoms with Crippen LogP contribution in [0, 0.1) is 13.8 Å². The van der Waals surface area contributed by atoms with E-state index in [0.29, 0.717) is 0 Å². The molecule has 0 saturated carbocycles. The van der Waals surface area contributed by atoms with E-state index < -0.39 is 0 Å². The average molecular weight is 208 g/mol. The van der Waals surface area contributed by atoms with E-state index in [-0.39, 0.29) is 0 Å². The fourth-order valence-electron chi connectivity index (χ4n) is 2.28. The van der Waals surface area contributed by atoms with Gasteiger partial charge in [-0.15, -0.1) is 0 Å². The van der Waals surface area contributed by atoms with E-state index in [4.69, 9.17) is 0 Å². The molecule has 1 aromatic heterocycles. The summed E-state index contributed by atoms with van der Waals surface area (Å²) < 4.78 is 0. The Morgan fingerprint density at radius 1 is 0.750 bits per heavy atom. The third-order valence-electron chi connectivity index (χ3n) is 3.14. The lowest BCUT2D eigenvalue weighted by Gasteiger charge is -2.09. The van der Waals surface area contributed by atoms with Crippen LogP contribution in [-0.2, 0) is 0 Å². The van der Waals surface area contributed by atoms with E-state index in [0.717, 1.165) is 11.0 Å². The van der Waals surface area contributed by atoms with Crippen LogP contribution in [0.3, 0.4) is 0 Å². The van der Waals surface area contributed by atoms with Crippen molar-refractivity contribution in [3.05, 3.63) is 47.8 Å². The molecule has 78 valence electrons. The number of aryl methyl sites for hydroxylation is 2. The maximum absolute atomic E-state index is 4.43. The lowest BCUT2D eigenvalue weighted by atomic mass is 9.99. The molecule has 0 fully saturated rings. The molecule has 2 nitrogen and oxygen atoms in total. The maximum Gasteiger partial charge on any atom is 0.0925 e. The number of rotatable bonds is 0. The van der Waals surface area contributed by atoms with Gasteiger partial charge in [-0.3, -0.25) is 9.97 Å². The number of hydrogen-bond donors (Lipinski definition) is 0. The molecular weight excluding hydrogens is 196 g/mol. The Kier molecular flexibility index (Phi) is 1.90. The van der Waals surface area contributed by atoms with Crippen molar-refractivity contribution >= 4 is 21.8 Å². The number of aromatic nitrogens is 2. The number of fused-ring (bicyclic) bond motifs is 2. The third kappa shape index (κ3) is 1.13. The Labute approximate surface area is 94.0 Å². The first-order chi connectivity index (χ1) is 7.79. The summed E-state index contributed by atoms with van der Waals surface area (Å²) in [6.07, 6.45) is 3.51. The SMILES string of the molecule is Cc1c2ccccc2c(C)c2nccnc12. The summed E-state index contributed by atoms with van der Waals surface area (Å²) in [5, 5.41) is 2.54. The Morgan fingerprint density at radius 2 is 1.19 bits per heavy atom. The highest BCUT2D eigenvalue weighted by Gasteiger charge is 2.08. The highest BCUT2D eigenvalue weighted by atomic mass is 14.8. The molecule has 3 rings (SSSR count). The van der Waals surface area contributed by atoms with Crippen molar-refractivity contribution in [2.24, 2.45) is 0 Å². The molecule has 0 aliphatic carbocycles. The van der Waals surface area contributed by atoms with Gasteiger partial charge in [-0.1, -0.05) is 24.3 Å². The van der Waals surface area contributed by atoms with Crippen molar-refractivity contribution in [2.45, 2.75) is 13.8 Å². The Balaban J connectivity index is 2.67. The van der Waals surface area contributed by atoms with Gasteiger partial charge in [0.2, 0.25) is 0 Å². The molecule has 0 amide bonds. The summed E-state index contributed by atoms with van der Waals surface area (Å²) in [7, 11) is 0. The van der Waals surface area contributed by atoms with Gasteiger partial charge in [0, 0.05) is 12.4 Å². The van der Waals surface area contributed by atoms with Gasteiger partial charge in [-0.05, 0) is 35.7 Å². The van der Waals surface area contributed by atoms with E-state index >= 15 is 0 Å². The third-order valence-corrected chi connectivity index (χ3v) is 3.14. The predicted octanol–water partition coefficient (Wildman–Crippen LogP) is 3.40. The van der Waals surface area contributed by atoms with Crippen LogP contribution in [0.2, 0.25) is 0 Å². The molecule has 0 atom stereocenters. The van der Waals surface area contributed by atoms with Crippen molar-refractivity contribution in [1.29, 1.82) is 0 Å². The van der Waals surface area contributed by atoms with Gasteiger partial charge in [0.1, 0.15) is 0 Å². The minimum Gasteiger partial charge on any atom is -0.253 e. The molecule has 0 spiro atoms.